The van der Waals surface area contributed by atoms with Crippen molar-refractivity contribution in [1.29, 1.82) is 0 Å². The van der Waals surface area contributed by atoms with Gasteiger partial charge in [0.05, 0.1) is 16.5 Å². The van der Waals surface area contributed by atoms with E-state index in [-0.39, 0.29) is 18.2 Å². The Bertz CT molecular complexity index is 503. The van der Waals surface area contributed by atoms with Crippen molar-refractivity contribution in [1.82, 2.24) is 5.32 Å². The smallest absolute Gasteiger partial charge is 0.326 e. The van der Waals surface area contributed by atoms with Crippen LogP contribution in [-0.2, 0) is 16.0 Å². The van der Waals surface area contributed by atoms with Crippen LogP contribution >= 0.6 is 23.2 Å². The first-order valence-corrected chi connectivity index (χ1v) is 7.02. The van der Waals surface area contributed by atoms with Crippen LogP contribution in [0.3, 0.4) is 0 Å². The number of halogens is 2. The van der Waals surface area contributed by atoms with Gasteiger partial charge in [0.1, 0.15) is 6.04 Å². The van der Waals surface area contributed by atoms with Gasteiger partial charge in [0.15, 0.2) is 0 Å². The number of rotatable bonds is 6. The Hall–Kier alpha value is -1.26. The Balaban J connectivity index is 2.71. The Morgan fingerprint density at radius 1 is 1.30 bits per heavy atom. The number of carbonyl (C=O) groups is 2. The summed E-state index contributed by atoms with van der Waals surface area (Å²) in [4.78, 5) is 23.0. The molecule has 1 amide bonds. The fourth-order valence-electron chi connectivity index (χ4n) is 1.80. The maximum atomic E-state index is 11.9. The maximum Gasteiger partial charge on any atom is 0.326 e. The summed E-state index contributed by atoms with van der Waals surface area (Å²) in [6.07, 6.45) is 0.381. The van der Waals surface area contributed by atoms with Gasteiger partial charge in [-0.05, 0) is 24.0 Å². The monoisotopic (exact) mass is 317 g/mol. The second-order valence-electron chi connectivity index (χ2n) is 4.98. The van der Waals surface area contributed by atoms with E-state index >= 15 is 0 Å². The maximum absolute atomic E-state index is 11.9. The van der Waals surface area contributed by atoms with E-state index in [1.165, 1.54) is 0 Å². The number of carboxylic acids is 1. The molecule has 1 aromatic carbocycles. The molecule has 2 N–H and O–H groups in total. The van der Waals surface area contributed by atoms with Crippen molar-refractivity contribution in [3.8, 4) is 0 Å². The van der Waals surface area contributed by atoms with E-state index in [0.29, 0.717) is 22.0 Å². The van der Waals surface area contributed by atoms with E-state index in [9.17, 15) is 9.59 Å². The molecule has 20 heavy (non-hydrogen) atoms. The Morgan fingerprint density at radius 3 is 2.50 bits per heavy atom. The van der Waals surface area contributed by atoms with Crippen LogP contribution in [0.1, 0.15) is 25.8 Å². The van der Waals surface area contributed by atoms with Crippen LogP contribution in [0.4, 0.5) is 0 Å². The number of carboxylic acid groups (broad SMARTS) is 1. The van der Waals surface area contributed by atoms with Crippen LogP contribution in [0.2, 0.25) is 10.0 Å². The highest BCUT2D eigenvalue weighted by atomic mass is 35.5. The first kappa shape index (κ1) is 16.8. The summed E-state index contributed by atoms with van der Waals surface area (Å²) in [5.74, 6) is -1.25. The second kappa shape index (κ2) is 7.50. The van der Waals surface area contributed by atoms with Crippen LogP contribution in [0, 0.1) is 5.92 Å². The predicted octanol–water partition coefficient (Wildman–Crippen LogP) is 3.15. The molecule has 0 unspecified atom stereocenters. The molecule has 0 heterocycles. The van der Waals surface area contributed by atoms with Gasteiger partial charge in [-0.2, -0.15) is 0 Å². The summed E-state index contributed by atoms with van der Waals surface area (Å²) < 4.78 is 0. The molecular weight excluding hydrogens is 301 g/mol. The van der Waals surface area contributed by atoms with Crippen LogP contribution in [0.25, 0.3) is 0 Å². The lowest BCUT2D eigenvalue weighted by atomic mass is 10.0. The standard InChI is InChI=1S/C14H17Cl2NO3/c1-8(2)6-11(14(19)20)17-12(18)7-9-4-3-5-10(15)13(9)16/h3-5,8,11H,6-7H2,1-2H3,(H,17,18)(H,19,20)/t11-/m1/s1. The van der Waals surface area contributed by atoms with Gasteiger partial charge in [0.2, 0.25) is 5.91 Å². The van der Waals surface area contributed by atoms with Crippen LogP contribution < -0.4 is 5.32 Å². The Labute approximate surface area is 128 Å². The van der Waals surface area contributed by atoms with Crippen molar-refractivity contribution < 1.29 is 14.7 Å². The zero-order valence-corrected chi connectivity index (χ0v) is 12.8. The molecule has 1 aromatic rings. The van der Waals surface area contributed by atoms with E-state index in [4.69, 9.17) is 28.3 Å². The number of hydrogen-bond donors (Lipinski definition) is 2. The average molecular weight is 318 g/mol. The van der Waals surface area contributed by atoms with E-state index in [1.807, 2.05) is 13.8 Å². The van der Waals surface area contributed by atoms with Crippen molar-refractivity contribution in [2.45, 2.75) is 32.7 Å². The molecule has 0 aromatic heterocycles. The van der Waals surface area contributed by atoms with Gasteiger partial charge in [-0.25, -0.2) is 4.79 Å². The number of hydrogen-bond acceptors (Lipinski definition) is 2. The normalized spacial score (nSPS) is 12.2. The van der Waals surface area contributed by atoms with Crippen molar-refractivity contribution >= 4 is 35.1 Å². The van der Waals surface area contributed by atoms with Crippen LogP contribution in [0.15, 0.2) is 18.2 Å². The fourth-order valence-corrected chi connectivity index (χ4v) is 2.18. The highest BCUT2D eigenvalue weighted by Crippen LogP contribution is 2.25. The van der Waals surface area contributed by atoms with Gasteiger partial charge in [-0.3, -0.25) is 4.79 Å². The summed E-state index contributed by atoms with van der Waals surface area (Å²) in [5.41, 5.74) is 0.574. The summed E-state index contributed by atoms with van der Waals surface area (Å²) in [6, 6.07) is 4.12. The van der Waals surface area contributed by atoms with Crippen molar-refractivity contribution in [2.24, 2.45) is 5.92 Å². The van der Waals surface area contributed by atoms with E-state index in [2.05, 4.69) is 5.32 Å². The third-order valence-electron chi connectivity index (χ3n) is 2.72. The van der Waals surface area contributed by atoms with Crippen molar-refractivity contribution in [3.63, 3.8) is 0 Å². The number of aliphatic carboxylic acids is 1. The molecule has 6 heteroatoms. The van der Waals surface area contributed by atoms with Crippen LogP contribution in [0.5, 0.6) is 0 Å². The minimum absolute atomic E-state index is 0.00126. The molecule has 0 aliphatic rings. The topological polar surface area (TPSA) is 66.4 Å². The molecule has 0 radical (unpaired) electrons. The highest BCUT2D eigenvalue weighted by Gasteiger charge is 2.21. The summed E-state index contributed by atoms with van der Waals surface area (Å²) in [7, 11) is 0. The largest absolute Gasteiger partial charge is 0.480 e. The first-order chi connectivity index (χ1) is 9.31. The third kappa shape index (κ3) is 5.02. The zero-order chi connectivity index (χ0) is 15.3. The number of carbonyl (C=O) groups excluding carboxylic acids is 1. The number of nitrogens with one attached hydrogen (secondary N) is 1. The summed E-state index contributed by atoms with van der Waals surface area (Å²) in [5, 5.41) is 12.3. The van der Waals surface area contributed by atoms with Gasteiger partial charge >= 0.3 is 5.97 Å². The van der Waals surface area contributed by atoms with E-state index in [1.54, 1.807) is 18.2 Å². The molecule has 110 valence electrons. The molecular formula is C14H17Cl2NO3. The molecule has 1 atom stereocenters. The molecule has 0 saturated heterocycles. The Morgan fingerprint density at radius 2 is 1.95 bits per heavy atom. The molecule has 4 nitrogen and oxygen atoms in total. The lowest BCUT2D eigenvalue weighted by Gasteiger charge is -2.16. The molecule has 0 spiro atoms. The van der Waals surface area contributed by atoms with Crippen molar-refractivity contribution in [2.75, 3.05) is 0 Å². The van der Waals surface area contributed by atoms with Crippen LogP contribution in [-0.4, -0.2) is 23.0 Å². The quantitative estimate of drug-likeness (QED) is 0.847. The lowest BCUT2D eigenvalue weighted by molar-refractivity contribution is -0.142. The number of benzene rings is 1. The minimum Gasteiger partial charge on any atom is -0.480 e. The molecule has 0 aliphatic heterocycles. The van der Waals surface area contributed by atoms with Crippen molar-refractivity contribution in [3.05, 3.63) is 33.8 Å². The lowest BCUT2D eigenvalue weighted by Crippen LogP contribution is -2.42. The fraction of sp³-hybridized carbons (Fsp3) is 0.429. The minimum atomic E-state index is -1.04. The van der Waals surface area contributed by atoms with Gasteiger partial charge in [0, 0.05) is 0 Å². The third-order valence-corrected chi connectivity index (χ3v) is 3.58. The predicted molar refractivity (Wildman–Crippen MR) is 79.2 cm³/mol. The van der Waals surface area contributed by atoms with E-state index < -0.39 is 12.0 Å². The van der Waals surface area contributed by atoms with Gasteiger partial charge in [0.25, 0.3) is 0 Å². The second-order valence-corrected chi connectivity index (χ2v) is 5.76. The SMILES string of the molecule is CC(C)C[C@@H](NC(=O)Cc1cccc(Cl)c1Cl)C(=O)O. The van der Waals surface area contributed by atoms with Gasteiger partial charge in [-0.1, -0.05) is 49.2 Å². The molecule has 1 rings (SSSR count). The molecule has 0 bridgehead atoms. The molecule has 0 fully saturated rings. The highest BCUT2D eigenvalue weighted by molar-refractivity contribution is 6.42. The molecule has 0 aliphatic carbocycles. The van der Waals surface area contributed by atoms with Gasteiger partial charge < -0.3 is 10.4 Å². The van der Waals surface area contributed by atoms with E-state index in [0.717, 1.165) is 0 Å². The molecule has 0 saturated carbocycles. The number of amides is 1. The first-order valence-electron chi connectivity index (χ1n) is 6.26. The zero-order valence-electron chi connectivity index (χ0n) is 11.3. The van der Waals surface area contributed by atoms with Gasteiger partial charge in [-0.15, -0.1) is 0 Å². The Kier molecular flexibility index (Phi) is 6.30. The summed E-state index contributed by atoms with van der Waals surface area (Å²) >= 11 is 11.9. The summed E-state index contributed by atoms with van der Waals surface area (Å²) in [6.45, 7) is 3.80. The average Bonchev–Trinajstić information content (AvgIpc) is 2.33.